The molecule has 0 saturated heterocycles. The van der Waals surface area contributed by atoms with Gasteiger partial charge in [-0.1, -0.05) is 182 Å². The van der Waals surface area contributed by atoms with E-state index in [1.165, 1.54) is 0 Å². The van der Waals surface area contributed by atoms with Crippen LogP contribution in [-0.2, 0) is 0 Å². The van der Waals surface area contributed by atoms with Crippen molar-refractivity contribution in [1.29, 1.82) is 5.26 Å². The highest BCUT2D eigenvalue weighted by Crippen LogP contribution is 2.36. The molecule has 0 aliphatic rings. The zero-order valence-corrected chi connectivity index (χ0v) is 32.3. The molecule has 0 N–H and O–H groups in total. The van der Waals surface area contributed by atoms with Crippen molar-refractivity contribution in [3.63, 3.8) is 0 Å². The maximum absolute atomic E-state index is 9.43. The zero-order chi connectivity index (χ0) is 40.3. The Morgan fingerprint density at radius 3 is 1.43 bits per heavy atom. The van der Waals surface area contributed by atoms with Crippen molar-refractivity contribution in [3.8, 4) is 96.3 Å². The summed E-state index contributed by atoms with van der Waals surface area (Å²) >= 11 is 0. The van der Waals surface area contributed by atoms with Crippen LogP contribution in [0.2, 0.25) is 0 Å². The van der Waals surface area contributed by atoms with Gasteiger partial charge in [-0.25, -0.2) is 24.9 Å². The second-order valence-electron chi connectivity index (χ2n) is 14.4. The van der Waals surface area contributed by atoms with Gasteiger partial charge in [-0.2, -0.15) is 5.26 Å². The van der Waals surface area contributed by atoms with Crippen LogP contribution >= 0.6 is 0 Å². The molecule has 0 unspecified atom stereocenters. The number of rotatable bonds is 8. The quantitative estimate of drug-likeness (QED) is 0.153. The number of hydrogen-bond donors (Lipinski definition) is 0. The lowest BCUT2D eigenvalue weighted by molar-refractivity contribution is 1.07. The molecule has 8 aromatic carbocycles. The van der Waals surface area contributed by atoms with Gasteiger partial charge in [-0.05, 0) is 57.6 Å². The summed E-state index contributed by atoms with van der Waals surface area (Å²) in [6.45, 7) is 0. The maximum Gasteiger partial charge on any atom is 0.164 e. The molecule has 0 bridgehead atoms. The van der Waals surface area contributed by atoms with Crippen LogP contribution in [0, 0.1) is 11.3 Å². The monoisotopic (exact) mass is 766 g/mol. The van der Waals surface area contributed by atoms with Gasteiger partial charge in [-0.15, -0.1) is 0 Å². The molecule has 0 fully saturated rings. The molecule has 0 aliphatic heterocycles. The van der Waals surface area contributed by atoms with Crippen molar-refractivity contribution < 1.29 is 0 Å². The summed E-state index contributed by atoms with van der Waals surface area (Å²) in [7, 11) is 0. The summed E-state index contributed by atoms with van der Waals surface area (Å²) in [5.74, 6) is 2.44. The molecule has 0 atom stereocenters. The predicted molar refractivity (Wildman–Crippen MR) is 241 cm³/mol. The van der Waals surface area contributed by atoms with E-state index in [0.717, 1.165) is 77.8 Å². The lowest BCUT2D eigenvalue weighted by atomic mass is 9.95. The van der Waals surface area contributed by atoms with Crippen LogP contribution in [0.15, 0.2) is 206 Å². The Bertz CT molecular complexity index is 3190. The minimum absolute atomic E-state index is 0.575. The first-order valence-corrected chi connectivity index (χ1v) is 19.7. The number of nitrogens with zero attached hydrogens (tertiary/aromatic N) is 6. The molecular formula is C54H34N6. The van der Waals surface area contributed by atoms with Gasteiger partial charge in [0.25, 0.3) is 0 Å². The van der Waals surface area contributed by atoms with E-state index >= 15 is 0 Å². The third-order valence-electron chi connectivity index (χ3n) is 10.6. The standard InChI is InChI=1S/C54H34N6/c55-35-36-13-11-18-43(33-36)37-25-31-42(32-26-37)53-58-52(40-16-5-2-6-17-40)59-54(60-53)47-22-8-7-21-46(47)45-20-12-19-44(34-45)38-27-29-41(30-28-38)51-56-49-24-10-9-23-48(49)50(57-51)39-14-3-1-4-15-39/h1-34H. The molecule has 2 heterocycles. The van der Waals surface area contributed by atoms with Gasteiger partial charge in [0.2, 0.25) is 0 Å². The van der Waals surface area contributed by atoms with E-state index in [0.29, 0.717) is 28.9 Å². The molecule has 60 heavy (non-hydrogen) atoms. The third kappa shape index (κ3) is 7.20. The fourth-order valence-electron chi connectivity index (χ4n) is 7.55. The van der Waals surface area contributed by atoms with E-state index in [-0.39, 0.29) is 0 Å². The fraction of sp³-hybridized carbons (Fsp3) is 0. The summed E-state index contributed by atoms with van der Waals surface area (Å²) in [4.78, 5) is 25.2. The first-order chi connectivity index (χ1) is 29.7. The molecule has 280 valence electrons. The Kier molecular flexibility index (Phi) is 9.51. The van der Waals surface area contributed by atoms with Crippen LogP contribution in [0.25, 0.3) is 101 Å². The normalized spacial score (nSPS) is 11.0. The van der Waals surface area contributed by atoms with Crippen molar-refractivity contribution in [3.05, 3.63) is 212 Å². The average Bonchev–Trinajstić information content (AvgIpc) is 3.34. The van der Waals surface area contributed by atoms with Crippen molar-refractivity contribution in [2.24, 2.45) is 0 Å². The van der Waals surface area contributed by atoms with Gasteiger partial charge < -0.3 is 0 Å². The molecule has 0 aliphatic carbocycles. The number of fused-ring (bicyclic) bond motifs is 1. The number of benzene rings is 8. The van der Waals surface area contributed by atoms with Crippen molar-refractivity contribution >= 4 is 10.9 Å². The first-order valence-electron chi connectivity index (χ1n) is 19.7. The van der Waals surface area contributed by atoms with Gasteiger partial charge in [0.05, 0.1) is 22.8 Å². The maximum atomic E-state index is 9.43. The Morgan fingerprint density at radius 2 is 0.767 bits per heavy atom. The van der Waals surface area contributed by atoms with E-state index < -0.39 is 0 Å². The van der Waals surface area contributed by atoms with Gasteiger partial charge in [0, 0.05) is 33.2 Å². The molecule has 6 nitrogen and oxygen atoms in total. The average molecular weight is 767 g/mol. The van der Waals surface area contributed by atoms with E-state index in [1.807, 2.05) is 127 Å². The molecule has 6 heteroatoms. The molecule has 0 radical (unpaired) electrons. The highest BCUT2D eigenvalue weighted by atomic mass is 15.0. The molecule has 0 amide bonds. The van der Waals surface area contributed by atoms with Crippen LogP contribution in [0.4, 0.5) is 0 Å². The largest absolute Gasteiger partial charge is 0.228 e. The van der Waals surface area contributed by atoms with E-state index in [4.69, 9.17) is 24.9 Å². The summed E-state index contributed by atoms with van der Waals surface area (Å²) in [5.41, 5.74) is 13.3. The second-order valence-corrected chi connectivity index (χ2v) is 14.4. The second kappa shape index (κ2) is 15.9. The molecule has 0 saturated carbocycles. The Morgan fingerprint density at radius 1 is 0.300 bits per heavy atom. The summed E-state index contributed by atoms with van der Waals surface area (Å²) in [6, 6.07) is 71.7. The molecule has 10 rings (SSSR count). The zero-order valence-electron chi connectivity index (χ0n) is 32.3. The van der Waals surface area contributed by atoms with Crippen LogP contribution in [0.1, 0.15) is 5.56 Å². The van der Waals surface area contributed by atoms with Crippen LogP contribution in [-0.4, -0.2) is 24.9 Å². The van der Waals surface area contributed by atoms with E-state index in [2.05, 4.69) is 84.9 Å². The van der Waals surface area contributed by atoms with Crippen molar-refractivity contribution in [1.82, 2.24) is 24.9 Å². The van der Waals surface area contributed by atoms with Crippen LogP contribution in [0.3, 0.4) is 0 Å². The SMILES string of the molecule is N#Cc1cccc(-c2ccc(-c3nc(-c4ccccc4)nc(-c4ccccc4-c4cccc(-c5ccc(-c6nc(-c7ccccc7)c7ccccc7n6)cc5)c4)n3)cc2)c1. The van der Waals surface area contributed by atoms with E-state index in [1.54, 1.807) is 0 Å². The number of hydrogen-bond acceptors (Lipinski definition) is 6. The topological polar surface area (TPSA) is 88.2 Å². The number of nitriles is 1. The summed E-state index contributed by atoms with van der Waals surface area (Å²) in [5, 5.41) is 10.5. The van der Waals surface area contributed by atoms with Gasteiger partial charge in [-0.3, -0.25) is 0 Å². The lowest BCUT2D eigenvalue weighted by Gasteiger charge is -2.13. The van der Waals surface area contributed by atoms with E-state index in [9.17, 15) is 5.26 Å². The predicted octanol–water partition coefficient (Wildman–Crippen LogP) is 13.0. The highest BCUT2D eigenvalue weighted by Gasteiger charge is 2.17. The van der Waals surface area contributed by atoms with Crippen molar-refractivity contribution in [2.75, 3.05) is 0 Å². The van der Waals surface area contributed by atoms with Gasteiger partial charge in [0.15, 0.2) is 23.3 Å². The fourth-order valence-corrected chi connectivity index (χ4v) is 7.55. The number of aromatic nitrogens is 5. The van der Waals surface area contributed by atoms with Gasteiger partial charge >= 0.3 is 0 Å². The minimum atomic E-state index is 0.575. The smallest absolute Gasteiger partial charge is 0.164 e. The van der Waals surface area contributed by atoms with Gasteiger partial charge in [0.1, 0.15) is 0 Å². The van der Waals surface area contributed by atoms with Crippen LogP contribution in [0.5, 0.6) is 0 Å². The molecule has 10 aromatic rings. The minimum Gasteiger partial charge on any atom is -0.228 e. The first kappa shape index (κ1) is 36.0. The lowest BCUT2D eigenvalue weighted by Crippen LogP contribution is -2.01. The van der Waals surface area contributed by atoms with Crippen LogP contribution < -0.4 is 0 Å². The summed E-state index contributed by atoms with van der Waals surface area (Å²) < 4.78 is 0. The molecule has 2 aromatic heterocycles. The Balaban J connectivity index is 1.00. The Labute approximate surface area is 347 Å². The van der Waals surface area contributed by atoms with Crippen molar-refractivity contribution in [2.45, 2.75) is 0 Å². The third-order valence-corrected chi connectivity index (χ3v) is 10.6. The highest BCUT2D eigenvalue weighted by molar-refractivity contribution is 5.93. The number of para-hydroxylation sites is 1. The Hall–Kier alpha value is -8.40. The molecular weight excluding hydrogens is 733 g/mol. The summed E-state index contributed by atoms with van der Waals surface area (Å²) in [6.07, 6.45) is 0. The molecule has 0 spiro atoms.